The maximum atomic E-state index is 12.2. The van der Waals surface area contributed by atoms with Crippen LogP contribution >= 0.6 is 0 Å². The third-order valence-electron chi connectivity index (χ3n) is 13.3. The van der Waals surface area contributed by atoms with Crippen molar-refractivity contribution in [1.29, 1.82) is 0 Å². The highest BCUT2D eigenvalue weighted by atomic mass is 28.4. The van der Waals surface area contributed by atoms with E-state index < -0.39 is 19.7 Å². The Kier molecular flexibility index (Phi) is 11.1. The number of carbonyl (C=O) groups is 1. The molecule has 4 fully saturated rings. The number of hydrogen-bond donors (Lipinski definition) is 1. The molecule has 1 saturated heterocycles. The van der Waals surface area contributed by atoms with Gasteiger partial charge < -0.3 is 23.7 Å². The van der Waals surface area contributed by atoms with Crippen LogP contribution in [0.5, 0.6) is 0 Å². The summed E-state index contributed by atoms with van der Waals surface area (Å²) in [4.78, 5) is 12.1. The second-order valence-corrected chi connectivity index (χ2v) is 22.1. The first kappa shape index (κ1) is 35.6. The van der Waals surface area contributed by atoms with Gasteiger partial charge in [0.25, 0.3) is 0 Å². The molecular weight excluding hydrogens is 580 g/mol. The molecule has 0 aromatic carbocycles. The normalized spacial score (nSPS) is 34.5. The lowest BCUT2D eigenvalue weighted by molar-refractivity contribution is -0.208. The van der Waals surface area contributed by atoms with Gasteiger partial charge in [-0.05, 0) is 92.8 Å². The molecule has 45 heavy (non-hydrogen) atoms. The van der Waals surface area contributed by atoms with Crippen molar-refractivity contribution in [2.75, 3.05) is 19.8 Å². The predicted molar refractivity (Wildman–Crippen MR) is 182 cm³/mol. The number of ether oxygens (including phenoxy) is 3. The molecule has 4 aliphatic carbocycles. The van der Waals surface area contributed by atoms with Crippen LogP contribution in [-0.4, -0.2) is 56.7 Å². The standard InChI is InChI=1S/C38H66O6Si/c1-28(39)44-33-18-17-31-30-19-21-37(40)27-38(41-24-25-42-38)22-20-32(37)34(30)29(26-36(31,33)5)16-14-12-10-8-9-11-13-15-23-43-45(6,7)35(2,3)4/h29-31,33,40H,8-27H2,1-7H3/t29-,30-,31-,33-,36-,37+/m0/s1. The van der Waals surface area contributed by atoms with E-state index in [9.17, 15) is 9.90 Å². The van der Waals surface area contributed by atoms with Crippen LogP contribution in [0.2, 0.25) is 18.1 Å². The molecule has 0 unspecified atom stereocenters. The van der Waals surface area contributed by atoms with Gasteiger partial charge >= 0.3 is 5.97 Å². The quantitative estimate of drug-likeness (QED) is 0.0931. The minimum atomic E-state index is -1.62. The number of fused-ring (bicyclic) bond motifs is 4. The summed E-state index contributed by atoms with van der Waals surface area (Å²) in [6, 6.07) is 0. The molecular formula is C38H66O6Si. The number of allylic oxidation sites excluding steroid dienone is 1. The summed E-state index contributed by atoms with van der Waals surface area (Å²) in [5.74, 6) is 0.778. The number of hydrogen-bond acceptors (Lipinski definition) is 6. The van der Waals surface area contributed by atoms with Crippen LogP contribution in [0.3, 0.4) is 0 Å². The van der Waals surface area contributed by atoms with E-state index in [0.717, 1.165) is 51.6 Å². The Hall–Kier alpha value is -0.733. The first-order valence-corrected chi connectivity index (χ1v) is 21.7. The van der Waals surface area contributed by atoms with E-state index >= 15 is 0 Å². The van der Waals surface area contributed by atoms with Crippen molar-refractivity contribution in [2.24, 2.45) is 23.2 Å². The molecule has 1 N–H and O–H groups in total. The van der Waals surface area contributed by atoms with Crippen LogP contribution in [0.4, 0.5) is 0 Å². The molecule has 258 valence electrons. The molecule has 6 nitrogen and oxygen atoms in total. The Morgan fingerprint density at radius 2 is 1.60 bits per heavy atom. The van der Waals surface area contributed by atoms with Crippen LogP contribution in [-0.2, 0) is 23.4 Å². The highest BCUT2D eigenvalue weighted by molar-refractivity contribution is 6.74. The largest absolute Gasteiger partial charge is 0.462 e. The summed E-state index contributed by atoms with van der Waals surface area (Å²) < 4.78 is 24.6. The molecule has 6 atom stereocenters. The smallest absolute Gasteiger partial charge is 0.302 e. The molecule has 1 spiro atoms. The Bertz CT molecular complexity index is 1060. The summed E-state index contributed by atoms with van der Waals surface area (Å²) >= 11 is 0. The van der Waals surface area contributed by atoms with E-state index in [2.05, 4.69) is 40.8 Å². The Balaban J connectivity index is 1.16. The molecule has 0 radical (unpaired) electrons. The summed E-state index contributed by atoms with van der Waals surface area (Å²) in [7, 11) is -1.62. The van der Waals surface area contributed by atoms with E-state index in [1.54, 1.807) is 12.5 Å². The third kappa shape index (κ3) is 7.63. The lowest BCUT2D eigenvalue weighted by Gasteiger charge is -2.56. The molecule has 7 heteroatoms. The third-order valence-corrected chi connectivity index (χ3v) is 17.8. The van der Waals surface area contributed by atoms with E-state index in [4.69, 9.17) is 18.6 Å². The van der Waals surface area contributed by atoms with Crippen LogP contribution in [0.15, 0.2) is 11.1 Å². The van der Waals surface area contributed by atoms with Gasteiger partial charge in [0.15, 0.2) is 14.1 Å². The first-order valence-electron chi connectivity index (χ1n) is 18.7. The zero-order chi connectivity index (χ0) is 32.5. The fourth-order valence-electron chi connectivity index (χ4n) is 9.89. The highest BCUT2D eigenvalue weighted by Gasteiger charge is 2.61. The average molecular weight is 647 g/mol. The van der Waals surface area contributed by atoms with E-state index in [0.29, 0.717) is 42.4 Å². The van der Waals surface area contributed by atoms with Crippen molar-refractivity contribution in [2.45, 2.75) is 179 Å². The van der Waals surface area contributed by atoms with Crippen LogP contribution < -0.4 is 0 Å². The molecule has 3 saturated carbocycles. The van der Waals surface area contributed by atoms with Gasteiger partial charge in [0.1, 0.15) is 6.10 Å². The van der Waals surface area contributed by atoms with Crippen molar-refractivity contribution in [3.05, 3.63) is 11.1 Å². The van der Waals surface area contributed by atoms with Gasteiger partial charge in [-0.3, -0.25) is 4.79 Å². The zero-order valence-electron chi connectivity index (χ0n) is 29.9. The minimum Gasteiger partial charge on any atom is -0.462 e. The molecule has 0 aromatic rings. The summed E-state index contributed by atoms with van der Waals surface area (Å²) in [6.45, 7) is 17.8. The van der Waals surface area contributed by atoms with Gasteiger partial charge in [0, 0.05) is 31.8 Å². The molecule has 0 aromatic heterocycles. The van der Waals surface area contributed by atoms with Gasteiger partial charge in [-0.25, -0.2) is 0 Å². The van der Waals surface area contributed by atoms with Gasteiger partial charge in [-0.2, -0.15) is 0 Å². The Morgan fingerprint density at radius 3 is 2.24 bits per heavy atom. The van der Waals surface area contributed by atoms with Crippen molar-refractivity contribution < 1.29 is 28.5 Å². The van der Waals surface area contributed by atoms with Gasteiger partial charge in [-0.15, -0.1) is 0 Å². The summed E-state index contributed by atoms with van der Waals surface area (Å²) in [6.07, 6.45) is 18.8. The lowest BCUT2D eigenvalue weighted by atomic mass is 9.51. The average Bonchev–Trinajstić information content (AvgIpc) is 3.53. The van der Waals surface area contributed by atoms with Crippen molar-refractivity contribution in [3.63, 3.8) is 0 Å². The second kappa shape index (κ2) is 14.0. The molecule has 1 aliphatic heterocycles. The van der Waals surface area contributed by atoms with Gasteiger partial charge in [0.05, 0.1) is 18.8 Å². The number of esters is 1. The zero-order valence-corrected chi connectivity index (χ0v) is 30.9. The van der Waals surface area contributed by atoms with Crippen molar-refractivity contribution in [1.82, 2.24) is 0 Å². The molecule has 5 rings (SSSR count). The Morgan fingerprint density at radius 1 is 0.956 bits per heavy atom. The van der Waals surface area contributed by atoms with Crippen LogP contribution in [0.1, 0.15) is 144 Å². The highest BCUT2D eigenvalue weighted by Crippen LogP contribution is 2.64. The second-order valence-electron chi connectivity index (χ2n) is 17.3. The predicted octanol–water partition coefficient (Wildman–Crippen LogP) is 9.25. The topological polar surface area (TPSA) is 74.2 Å². The summed E-state index contributed by atoms with van der Waals surface area (Å²) in [5.41, 5.74) is 2.17. The van der Waals surface area contributed by atoms with Crippen LogP contribution in [0.25, 0.3) is 0 Å². The fourth-order valence-corrected chi connectivity index (χ4v) is 11.0. The van der Waals surface area contributed by atoms with Gasteiger partial charge in [-0.1, -0.05) is 78.2 Å². The number of unbranched alkanes of at least 4 members (excludes halogenated alkanes) is 7. The number of carbonyl (C=O) groups excluding carboxylic acids is 1. The van der Waals surface area contributed by atoms with Crippen molar-refractivity contribution in [3.8, 4) is 0 Å². The summed E-state index contributed by atoms with van der Waals surface area (Å²) in [5, 5.41) is 12.5. The van der Waals surface area contributed by atoms with E-state index in [1.165, 1.54) is 63.4 Å². The molecule has 1 heterocycles. The Labute approximate surface area is 275 Å². The minimum absolute atomic E-state index is 0.0250. The lowest BCUT2D eigenvalue weighted by Crippen LogP contribution is -2.54. The van der Waals surface area contributed by atoms with E-state index in [-0.39, 0.29) is 17.5 Å². The first-order chi connectivity index (χ1) is 21.2. The molecule has 5 aliphatic rings. The maximum Gasteiger partial charge on any atom is 0.302 e. The maximum absolute atomic E-state index is 12.2. The van der Waals surface area contributed by atoms with Crippen LogP contribution in [0, 0.1) is 23.2 Å². The van der Waals surface area contributed by atoms with Gasteiger partial charge in [0.2, 0.25) is 0 Å². The van der Waals surface area contributed by atoms with E-state index in [1.807, 2.05) is 0 Å². The monoisotopic (exact) mass is 646 g/mol. The van der Waals surface area contributed by atoms with Crippen molar-refractivity contribution >= 4 is 14.3 Å². The fraction of sp³-hybridized carbons (Fsp3) is 0.921. The molecule has 0 amide bonds. The number of rotatable bonds is 13. The number of aliphatic hydroxyl groups is 1. The SMILES string of the molecule is CC(=O)O[C@H]1CC[C@H]2[C@@H]3CC[C@@]4(O)CC5(CCC4=C3[C@@H](CCCCCCCCCCO[Si](C)(C)C(C)(C)C)C[C@]12C)OCCO5. The molecule has 0 bridgehead atoms.